The van der Waals surface area contributed by atoms with Crippen LogP contribution in [0, 0.1) is 6.92 Å². The summed E-state index contributed by atoms with van der Waals surface area (Å²) in [6, 6.07) is 15.4. The number of aromatic nitrogens is 3. The van der Waals surface area contributed by atoms with Crippen LogP contribution in [0.2, 0.25) is 5.02 Å². The molecule has 1 unspecified atom stereocenters. The first-order chi connectivity index (χ1) is 15.0. The molecule has 31 heavy (non-hydrogen) atoms. The second kappa shape index (κ2) is 9.72. The summed E-state index contributed by atoms with van der Waals surface area (Å²) in [4.78, 5) is 15.0. The number of nitrogens with zero attached hydrogens (tertiary/aromatic N) is 4. The molecule has 1 amide bonds. The Labute approximate surface area is 190 Å². The fourth-order valence-electron chi connectivity index (χ4n) is 3.28. The Balaban J connectivity index is 1.58. The van der Waals surface area contributed by atoms with E-state index >= 15 is 0 Å². The normalized spacial score (nSPS) is 15.0. The number of benzene rings is 2. The highest BCUT2D eigenvalue weighted by molar-refractivity contribution is 8.00. The smallest absolute Gasteiger partial charge is 0.237 e. The molecule has 4 rings (SSSR count). The number of halogens is 1. The molecule has 0 bridgehead atoms. The second-order valence-corrected chi connectivity index (χ2v) is 9.01. The zero-order valence-corrected chi connectivity index (χ0v) is 19.0. The van der Waals surface area contributed by atoms with E-state index in [0.29, 0.717) is 29.1 Å². The Bertz CT molecular complexity index is 1050. The zero-order valence-electron chi connectivity index (χ0n) is 17.4. The van der Waals surface area contributed by atoms with E-state index in [1.165, 1.54) is 11.8 Å². The largest absolute Gasteiger partial charge is 0.378 e. The zero-order chi connectivity index (χ0) is 21.8. The van der Waals surface area contributed by atoms with Crippen LogP contribution in [-0.2, 0) is 9.53 Å². The number of hydrogen-bond donors (Lipinski definition) is 1. The number of thioether (sulfide) groups is 1. The van der Waals surface area contributed by atoms with Gasteiger partial charge in [-0.25, -0.2) is 0 Å². The summed E-state index contributed by atoms with van der Waals surface area (Å²) in [5.74, 6) is 0.640. The molecule has 1 N–H and O–H groups in total. The van der Waals surface area contributed by atoms with Gasteiger partial charge in [-0.2, -0.15) is 0 Å². The topological polar surface area (TPSA) is 72.3 Å². The number of anilines is 2. The molecule has 0 spiro atoms. The summed E-state index contributed by atoms with van der Waals surface area (Å²) in [5, 5.41) is 12.7. The summed E-state index contributed by atoms with van der Waals surface area (Å²) < 4.78 is 7.48. The van der Waals surface area contributed by atoms with Crippen molar-refractivity contribution in [2.45, 2.75) is 24.3 Å². The maximum Gasteiger partial charge on any atom is 0.237 e. The van der Waals surface area contributed by atoms with E-state index in [4.69, 9.17) is 16.3 Å². The van der Waals surface area contributed by atoms with E-state index in [2.05, 4.69) is 20.4 Å². The third-order valence-electron chi connectivity index (χ3n) is 5.03. The lowest BCUT2D eigenvalue weighted by atomic mass is 10.2. The molecule has 1 aliphatic rings. The number of carbonyl (C=O) groups excluding carboxylic acids is 1. The predicted octanol–water partition coefficient (Wildman–Crippen LogP) is 4.19. The standard InChI is InChI=1S/C22H24ClN5O2S/c1-15-8-9-17(23)14-19(15)24-20(29)16(2)31-22-26-25-21(27-10-12-30-13-11-27)28(22)18-6-4-3-5-7-18/h3-9,14,16H,10-13H2,1-2H3,(H,24,29). The molecule has 1 atom stereocenters. The lowest BCUT2D eigenvalue weighted by Crippen LogP contribution is -2.37. The van der Waals surface area contributed by atoms with E-state index in [-0.39, 0.29) is 11.2 Å². The van der Waals surface area contributed by atoms with Crippen LogP contribution in [0.15, 0.2) is 53.7 Å². The number of hydrogen-bond acceptors (Lipinski definition) is 6. The first-order valence-electron chi connectivity index (χ1n) is 10.1. The molecule has 0 saturated carbocycles. The minimum atomic E-state index is -0.386. The molecule has 0 aliphatic carbocycles. The minimum absolute atomic E-state index is 0.120. The predicted molar refractivity (Wildman–Crippen MR) is 125 cm³/mol. The first kappa shape index (κ1) is 21.7. The molecule has 2 aromatic carbocycles. The van der Waals surface area contributed by atoms with Gasteiger partial charge in [0.1, 0.15) is 0 Å². The van der Waals surface area contributed by atoms with E-state index in [1.807, 2.05) is 54.8 Å². The third-order valence-corrected chi connectivity index (χ3v) is 6.31. The summed E-state index contributed by atoms with van der Waals surface area (Å²) in [6.45, 7) is 6.60. The SMILES string of the molecule is Cc1ccc(Cl)cc1NC(=O)C(C)Sc1nnc(N2CCOCC2)n1-c1ccccc1. The molecule has 0 radical (unpaired) electrons. The Kier molecular flexibility index (Phi) is 6.80. The van der Waals surface area contributed by atoms with Crippen molar-refractivity contribution in [1.29, 1.82) is 0 Å². The van der Waals surface area contributed by atoms with Gasteiger partial charge in [-0.05, 0) is 43.7 Å². The molecule has 1 saturated heterocycles. The molecule has 2 heterocycles. The maximum atomic E-state index is 12.9. The van der Waals surface area contributed by atoms with Crippen LogP contribution in [0.3, 0.4) is 0 Å². The van der Waals surface area contributed by atoms with Crippen LogP contribution >= 0.6 is 23.4 Å². The molecular weight excluding hydrogens is 434 g/mol. The fourth-order valence-corrected chi connectivity index (χ4v) is 4.32. The number of amides is 1. The maximum absolute atomic E-state index is 12.9. The summed E-state index contributed by atoms with van der Waals surface area (Å²) in [6.07, 6.45) is 0. The fraction of sp³-hybridized carbons (Fsp3) is 0.318. The van der Waals surface area contributed by atoms with E-state index in [0.717, 1.165) is 30.3 Å². The average molecular weight is 458 g/mol. The van der Waals surface area contributed by atoms with Crippen molar-refractivity contribution in [3.63, 3.8) is 0 Å². The number of morpholine rings is 1. The molecule has 9 heteroatoms. The van der Waals surface area contributed by atoms with Crippen LogP contribution in [0.5, 0.6) is 0 Å². The van der Waals surface area contributed by atoms with Crippen molar-refractivity contribution >= 4 is 40.9 Å². The van der Waals surface area contributed by atoms with Crippen molar-refractivity contribution in [2.24, 2.45) is 0 Å². The van der Waals surface area contributed by atoms with Crippen LogP contribution in [-0.4, -0.2) is 52.2 Å². The number of nitrogens with one attached hydrogen (secondary N) is 1. The Morgan fingerprint density at radius 1 is 1.16 bits per heavy atom. The van der Waals surface area contributed by atoms with Gasteiger partial charge in [0, 0.05) is 23.8 Å². The van der Waals surface area contributed by atoms with Crippen LogP contribution < -0.4 is 10.2 Å². The molecular formula is C22H24ClN5O2S. The van der Waals surface area contributed by atoms with Crippen molar-refractivity contribution in [2.75, 3.05) is 36.5 Å². The highest BCUT2D eigenvalue weighted by atomic mass is 35.5. The molecule has 3 aromatic rings. The highest BCUT2D eigenvalue weighted by Gasteiger charge is 2.25. The summed E-state index contributed by atoms with van der Waals surface area (Å²) in [7, 11) is 0. The lowest BCUT2D eigenvalue weighted by molar-refractivity contribution is -0.115. The number of rotatable bonds is 6. The quantitative estimate of drug-likeness (QED) is 0.560. The van der Waals surface area contributed by atoms with Gasteiger partial charge in [-0.3, -0.25) is 9.36 Å². The Hall–Kier alpha value is -2.55. The van der Waals surface area contributed by atoms with Gasteiger partial charge in [0.05, 0.1) is 24.2 Å². The lowest BCUT2D eigenvalue weighted by Gasteiger charge is -2.28. The van der Waals surface area contributed by atoms with Crippen molar-refractivity contribution in [1.82, 2.24) is 14.8 Å². The highest BCUT2D eigenvalue weighted by Crippen LogP contribution is 2.30. The molecule has 1 fully saturated rings. The van der Waals surface area contributed by atoms with Gasteiger partial charge >= 0.3 is 0 Å². The van der Waals surface area contributed by atoms with Crippen LogP contribution in [0.4, 0.5) is 11.6 Å². The van der Waals surface area contributed by atoms with Crippen LogP contribution in [0.1, 0.15) is 12.5 Å². The molecule has 162 valence electrons. The van der Waals surface area contributed by atoms with Gasteiger partial charge in [0.2, 0.25) is 11.9 Å². The van der Waals surface area contributed by atoms with Crippen molar-refractivity contribution in [3.05, 3.63) is 59.1 Å². The van der Waals surface area contributed by atoms with Gasteiger partial charge in [-0.15, -0.1) is 10.2 Å². The second-order valence-electron chi connectivity index (χ2n) is 7.26. The molecule has 1 aliphatic heterocycles. The van der Waals surface area contributed by atoms with E-state index in [9.17, 15) is 4.79 Å². The number of aryl methyl sites for hydroxylation is 1. The average Bonchev–Trinajstić information content (AvgIpc) is 3.21. The molecule has 1 aromatic heterocycles. The first-order valence-corrected chi connectivity index (χ1v) is 11.4. The minimum Gasteiger partial charge on any atom is -0.378 e. The monoisotopic (exact) mass is 457 g/mol. The Morgan fingerprint density at radius 3 is 2.65 bits per heavy atom. The van der Waals surface area contributed by atoms with Gasteiger partial charge in [0.25, 0.3) is 0 Å². The third kappa shape index (κ3) is 5.03. The van der Waals surface area contributed by atoms with Gasteiger partial charge in [0.15, 0.2) is 5.16 Å². The van der Waals surface area contributed by atoms with E-state index in [1.54, 1.807) is 12.1 Å². The van der Waals surface area contributed by atoms with Crippen molar-refractivity contribution in [3.8, 4) is 5.69 Å². The number of ether oxygens (including phenoxy) is 1. The summed E-state index contributed by atoms with van der Waals surface area (Å²) >= 11 is 7.46. The number of para-hydroxylation sites is 1. The van der Waals surface area contributed by atoms with Gasteiger partial charge in [-0.1, -0.05) is 47.6 Å². The van der Waals surface area contributed by atoms with Gasteiger partial charge < -0.3 is 15.0 Å². The molecule has 7 nitrogen and oxygen atoms in total. The van der Waals surface area contributed by atoms with Crippen molar-refractivity contribution < 1.29 is 9.53 Å². The summed E-state index contributed by atoms with van der Waals surface area (Å²) in [5.41, 5.74) is 2.62. The Morgan fingerprint density at radius 2 is 1.90 bits per heavy atom. The van der Waals surface area contributed by atoms with E-state index < -0.39 is 0 Å². The number of carbonyl (C=O) groups is 1. The van der Waals surface area contributed by atoms with Crippen LogP contribution in [0.25, 0.3) is 5.69 Å².